The fourth-order valence-electron chi connectivity index (χ4n) is 2.78. The van der Waals surface area contributed by atoms with Crippen LogP contribution in [-0.2, 0) is 16.0 Å². The number of hydrogen-bond donors (Lipinski definition) is 2. The van der Waals surface area contributed by atoms with Crippen molar-refractivity contribution in [3.8, 4) is 11.5 Å². The zero-order valence-electron chi connectivity index (χ0n) is 18.0. The van der Waals surface area contributed by atoms with Crippen molar-refractivity contribution in [2.45, 2.75) is 40.0 Å². The van der Waals surface area contributed by atoms with Crippen molar-refractivity contribution >= 4 is 39.6 Å². The highest BCUT2D eigenvalue weighted by atomic mass is 79.9. The van der Waals surface area contributed by atoms with Gasteiger partial charge in [-0.1, -0.05) is 32.0 Å². The predicted octanol–water partition coefficient (Wildman–Crippen LogP) is 4.68. The van der Waals surface area contributed by atoms with E-state index in [1.54, 1.807) is 6.07 Å². The summed E-state index contributed by atoms with van der Waals surface area (Å²) in [5.74, 6) is 0.322. The Balaban J connectivity index is 1.96. The maximum atomic E-state index is 12.1. The van der Waals surface area contributed by atoms with Gasteiger partial charge >= 0.3 is 0 Å². The van der Waals surface area contributed by atoms with Crippen molar-refractivity contribution in [2.24, 2.45) is 5.10 Å². The van der Waals surface area contributed by atoms with Gasteiger partial charge in [-0.2, -0.15) is 5.10 Å². The Morgan fingerprint density at radius 1 is 1.10 bits per heavy atom. The zero-order chi connectivity index (χ0) is 22.6. The molecule has 0 saturated heterocycles. The fraction of sp³-hybridized carbons (Fsp3) is 0.348. The molecule has 0 aliphatic rings. The summed E-state index contributed by atoms with van der Waals surface area (Å²) in [7, 11) is 0. The molecule has 31 heavy (non-hydrogen) atoms. The number of para-hydroxylation sites is 1. The van der Waals surface area contributed by atoms with E-state index in [0.717, 1.165) is 22.9 Å². The highest BCUT2D eigenvalue weighted by Gasteiger charge is 2.13. The molecular weight excluding hydrogens is 462 g/mol. The lowest BCUT2D eigenvalue weighted by atomic mass is 10.1. The normalized spacial score (nSPS) is 10.7. The van der Waals surface area contributed by atoms with Crippen molar-refractivity contribution in [2.75, 3.05) is 18.5 Å². The summed E-state index contributed by atoms with van der Waals surface area (Å²) in [5.41, 5.74) is 4.81. The first-order valence-corrected chi connectivity index (χ1v) is 11.1. The molecule has 0 unspecified atom stereocenters. The van der Waals surface area contributed by atoms with Crippen LogP contribution < -0.4 is 20.2 Å². The van der Waals surface area contributed by atoms with E-state index in [9.17, 15) is 9.59 Å². The number of amides is 2. The van der Waals surface area contributed by atoms with Crippen LogP contribution in [0.1, 0.15) is 44.7 Å². The monoisotopic (exact) mass is 489 g/mol. The Morgan fingerprint density at radius 2 is 1.87 bits per heavy atom. The van der Waals surface area contributed by atoms with Crippen molar-refractivity contribution in [1.29, 1.82) is 0 Å². The minimum absolute atomic E-state index is 0.326. The van der Waals surface area contributed by atoms with Crippen LogP contribution in [0.3, 0.4) is 0 Å². The second-order valence-corrected chi connectivity index (χ2v) is 7.49. The van der Waals surface area contributed by atoms with Crippen LogP contribution in [0.5, 0.6) is 11.5 Å². The molecule has 0 atom stereocenters. The molecule has 0 aromatic heterocycles. The first-order valence-electron chi connectivity index (χ1n) is 10.3. The van der Waals surface area contributed by atoms with E-state index in [1.165, 1.54) is 6.21 Å². The third-order valence-corrected chi connectivity index (χ3v) is 4.77. The van der Waals surface area contributed by atoms with Gasteiger partial charge < -0.3 is 14.8 Å². The van der Waals surface area contributed by atoms with Crippen molar-refractivity contribution in [1.82, 2.24) is 5.43 Å². The topological polar surface area (TPSA) is 89.0 Å². The summed E-state index contributed by atoms with van der Waals surface area (Å²) >= 11 is 3.49. The molecule has 0 radical (unpaired) electrons. The van der Waals surface area contributed by atoms with Crippen LogP contribution in [0, 0.1) is 0 Å². The van der Waals surface area contributed by atoms with E-state index in [4.69, 9.17) is 9.47 Å². The van der Waals surface area contributed by atoms with E-state index in [1.807, 2.05) is 51.1 Å². The van der Waals surface area contributed by atoms with Gasteiger partial charge in [0.15, 0.2) is 11.5 Å². The van der Waals surface area contributed by atoms with Gasteiger partial charge in [0, 0.05) is 5.69 Å². The first-order chi connectivity index (χ1) is 15.0. The third kappa shape index (κ3) is 7.71. The number of anilines is 1. The Hall–Kier alpha value is -2.87. The summed E-state index contributed by atoms with van der Waals surface area (Å²) in [5, 5.41) is 6.71. The standard InChI is InChI=1S/C23H28BrN3O4/c1-4-11-31-23-18(24)12-16(13-20(23)30-6-3)15-25-27-22(29)14-21(28)26-19-10-8-7-9-17(19)5-2/h7-10,12-13,15H,4-6,11,14H2,1-3H3,(H,26,28)(H,27,29). The van der Waals surface area contributed by atoms with E-state index in [0.29, 0.717) is 36.0 Å². The highest BCUT2D eigenvalue weighted by Crippen LogP contribution is 2.36. The number of carbonyl (C=O) groups is 2. The number of nitrogens with zero attached hydrogens (tertiary/aromatic N) is 1. The number of rotatable bonds is 11. The van der Waals surface area contributed by atoms with Crippen LogP contribution in [0.2, 0.25) is 0 Å². The van der Waals surface area contributed by atoms with Gasteiger partial charge in [-0.15, -0.1) is 0 Å². The molecule has 2 amide bonds. The van der Waals surface area contributed by atoms with Crippen LogP contribution in [0.15, 0.2) is 46.0 Å². The lowest BCUT2D eigenvalue weighted by molar-refractivity contribution is -0.126. The molecule has 0 saturated carbocycles. The molecule has 0 heterocycles. The van der Waals surface area contributed by atoms with Crippen molar-refractivity contribution in [3.05, 3.63) is 52.0 Å². The van der Waals surface area contributed by atoms with Gasteiger partial charge in [-0.25, -0.2) is 5.43 Å². The lowest BCUT2D eigenvalue weighted by Gasteiger charge is -2.14. The summed E-state index contributed by atoms with van der Waals surface area (Å²) in [4.78, 5) is 24.2. The van der Waals surface area contributed by atoms with Gasteiger partial charge in [0.05, 0.1) is 23.9 Å². The van der Waals surface area contributed by atoms with Crippen LogP contribution in [-0.4, -0.2) is 31.2 Å². The summed E-state index contributed by atoms with van der Waals surface area (Å²) in [6.45, 7) is 6.99. The number of hydrogen-bond acceptors (Lipinski definition) is 5. The van der Waals surface area contributed by atoms with Gasteiger partial charge in [0.25, 0.3) is 0 Å². The molecule has 2 aromatic carbocycles. The molecule has 0 bridgehead atoms. The number of ether oxygens (including phenoxy) is 2. The number of carbonyl (C=O) groups excluding carboxylic acids is 2. The average Bonchev–Trinajstić information content (AvgIpc) is 2.73. The number of benzene rings is 2. The molecule has 8 heteroatoms. The van der Waals surface area contributed by atoms with Gasteiger partial charge in [-0.05, 0) is 65.0 Å². The van der Waals surface area contributed by atoms with E-state index >= 15 is 0 Å². The maximum Gasteiger partial charge on any atom is 0.249 e. The second kappa shape index (κ2) is 12.7. The van der Waals surface area contributed by atoms with E-state index < -0.39 is 11.8 Å². The smallest absolute Gasteiger partial charge is 0.249 e. The molecule has 0 fully saturated rings. The molecule has 2 N–H and O–H groups in total. The predicted molar refractivity (Wildman–Crippen MR) is 126 cm³/mol. The van der Waals surface area contributed by atoms with Crippen molar-refractivity contribution < 1.29 is 19.1 Å². The molecule has 0 spiro atoms. The Labute approximate surface area is 191 Å². The average molecular weight is 490 g/mol. The largest absolute Gasteiger partial charge is 0.490 e. The summed E-state index contributed by atoms with van der Waals surface area (Å²) in [6.07, 6.45) is 2.82. The lowest BCUT2D eigenvalue weighted by Crippen LogP contribution is -2.25. The minimum Gasteiger partial charge on any atom is -0.490 e. The third-order valence-electron chi connectivity index (χ3n) is 4.18. The molecule has 166 valence electrons. The number of hydrazone groups is 1. The van der Waals surface area contributed by atoms with Gasteiger partial charge in [0.2, 0.25) is 11.8 Å². The Bertz CT molecular complexity index is 931. The number of halogens is 1. The number of nitrogens with one attached hydrogen (secondary N) is 2. The van der Waals surface area contributed by atoms with Gasteiger partial charge in [-0.3, -0.25) is 9.59 Å². The quantitative estimate of drug-likeness (QED) is 0.272. The fourth-order valence-corrected chi connectivity index (χ4v) is 3.35. The summed E-state index contributed by atoms with van der Waals surface area (Å²) < 4.78 is 12.1. The van der Waals surface area contributed by atoms with Crippen molar-refractivity contribution in [3.63, 3.8) is 0 Å². The zero-order valence-corrected chi connectivity index (χ0v) is 19.6. The van der Waals surface area contributed by atoms with E-state index in [2.05, 4.69) is 31.8 Å². The molecule has 2 aromatic rings. The molecule has 7 nitrogen and oxygen atoms in total. The van der Waals surface area contributed by atoms with Gasteiger partial charge in [0.1, 0.15) is 6.42 Å². The SMILES string of the molecule is CCCOc1c(Br)cc(C=NNC(=O)CC(=O)Nc2ccccc2CC)cc1OCC. The molecule has 0 aliphatic carbocycles. The number of aryl methyl sites for hydroxylation is 1. The van der Waals surface area contributed by atoms with E-state index in [-0.39, 0.29) is 6.42 Å². The molecular formula is C23H28BrN3O4. The molecule has 0 aliphatic heterocycles. The Kier molecular flexibility index (Phi) is 10.0. The Morgan fingerprint density at radius 3 is 2.58 bits per heavy atom. The second-order valence-electron chi connectivity index (χ2n) is 6.64. The maximum absolute atomic E-state index is 12.1. The minimum atomic E-state index is -0.505. The van der Waals surface area contributed by atoms with Crippen LogP contribution in [0.4, 0.5) is 5.69 Å². The summed E-state index contributed by atoms with van der Waals surface area (Å²) in [6, 6.07) is 11.1. The highest BCUT2D eigenvalue weighted by molar-refractivity contribution is 9.10. The van der Waals surface area contributed by atoms with Crippen LogP contribution in [0.25, 0.3) is 0 Å². The van der Waals surface area contributed by atoms with Crippen LogP contribution >= 0.6 is 15.9 Å². The molecule has 2 rings (SSSR count). The first kappa shape index (κ1) is 24.4.